The van der Waals surface area contributed by atoms with Gasteiger partial charge in [0.25, 0.3) is 5.91 Å². The minimum Gasteiger partial charge on any atom is -0.337 e. The molecule has 3 aromatic carbocycles. The lowest BCUT2D eigenvalue weighted by Crippen LogP contribution is -2.27. The lowest BCUT2D eigenvalue weighted by atomic mass is 10.1. The lowest BCUT2D eigenvalue weighted by molar-refractivity contribution is -0.111. The monoisotopic (exact) mass is 370 g/mol. The van der Waals surface area contributed by atoms with E-state index in [4.69, 9.17) is 0 Å². The second kappa shape index (κ2) is 9.33. The van der Waals surface area contributed by atoms with Gasteiger partial charge in [-0.2, -0.15) is 0 Å². The largest absolute Gasteiger partial charge is 0.337 e. The van der Waals surface area contributed by atoms with Crippen molar-refractivity contribution in [3.8, 4) is 0 Å². The van der Waals surface area contributed by atoms with Crippen molar-refractivity contribution in [2.45, 2.75) is 6.54 Å². The van der Waals surface area contributed by atoms with Crippen molar-refractivity contribution in [2.24, 2.45) is 0 Å². The third-order valence-electron chi connectivity index (χ3n) is 4.25. The highest BCUT2D eigenvalue weighted by Gasteiger charge is 2.16. The number of benzene rings is 3. The van der Waals surface area contributed by atoms with E-state index in [0.717, 1.165) is 11.1 Å². The van der Waals surface area contributed by atoms with Gasteiger partial charge in [0.15, 0.2) is 0 Å². The fourth-order valence-corrected chi connectivity index (χ4v) is 2.82. The van der Waals surface area contributed by atoms with Crippen LogP contribution in [0.15, 0.2) is 91.0 Å². The van der Waals surface area contributed by atoms with E-state index >= 15 is 0 Å². The molecule has 0 bridgehead atoms. The first-order valence-electron chi connectivity index (χ1n) is 9.06. The number of anilines is 1. The fraction of sp³-hybridized carbons (Fsp3) is 0.0833. The van der Waals surface area contributed by atoms with Gasteiger partial charge in [-0.25, -0.2) is 0 Å². The molecule has 0 heterocycles. The Balaban J connectivity index is 1.70. The Morgan fingerprint density at radius 3 is 2.18 bits per heavy atom. The molecule has 0 aliphatic rings. The number of nitrogens with zero attached hydrogens (tertiary/aromatic N) is 1. The maximum absolute atomic E-state index is 12.9. The van der Waals surface area contributed by atoms with Crippen LogP contribution in [0, 0.1) is 0 Å². The molecule has 0 aromatic heterocycles. The van der Waals surface area contributed by atoms with Crippen molar-refractivity contribution in [1.29, 1.82) is 0 Å². The summed E-state index contributed by atoms with van der Waals surface area (Å²) in [4.78, 5) is 26.8. The Labute approximate surface area is 165 Å². The van der Waals surface area contributed by atoms with E-state index in [1.54, 1.807) is 42.3 Å². The number of rotatable bonds is 6. The Bertz CT molecular complexity index is 966. The normalized spacial score (nSPS) is 10.6. The SMILES string of the molecule is CN(Cc1ccccc1)C(=O)c1ccccc1NC(=O)/C=C/c1ccccc1. The summed E-state index contributed by atoms with van der Waals surface area (Å²) in [5.74, 6) is -0.429. The van der Waals surface area contributed by atoms with Gasteiger partial charge in [0.1, 0.15) is 0 Å². The molecular formula is C24H22N2O2. The molecule has 28 heavy (non-hydrogen) atoms. The molecule has 0 atom stereocenters. The van der Waals surface area contributed by atoms with Crippen molar-refractivity contribution in [1.82, 2.24) is 4.90 Å². The molecule has 0 aliphatic carbocycles. The average Bonchev–Trinajstić information content (AvgIpc) is 2.73. The van der Waals surface area contributed by atoms with Crippen LogP contribution in [0.5, 0.6) is 0 Å². The molecule has 2 amide bonds. The highest BCUT2D eigenvalue weighted by Crippen LogP contribution is 2.18. The number of amides is 2. The van der Waals surface area contributed by atoms with Crippen molar-refractivity contribution in [3.05, 3.63) is 108 Å². The van der Waals surface area contributed by atoms with E-state index in [-0.39, 0.29) is 11.8 Å². The maximum Gasteiger partial charge on any atom is 0.256 e. The molecule has 0 unspecified atom stereocenters. The van der Waals surface area contributed by atoms with Gasteiger partial charge < -0.3 is 10.2 Å². The van der Waals surface area contributed by atoms with Crippen LogP contribution in [-0.2, 0) is 11.3 Å². The van der Waals surface area contributed by atoms with Gasteiger partial charge in [-0.1, -0.05) is 72.8 Å². The Kier molecular flexibility index (Phi) is 6.37. The second-order valence-electron chi connectivity index (χ2n) is 6.43. The first kappa shape index (κ1) is 19.1. The summed E-state index contributed by atoms with van der Waals surface area (Å²) < 4.78 is 0. The van der Waals surface area contributed by atoms with Crippen LogP contribution in [-0.4, -0.2) is 23.8 Å². The number of carbonyl (C=O) groups excluding carboxylic acids is 2. The van der Waals surface area contributed by atoms with Gasteiger partial charge in [-0.3, -0.25) is 9.59 Å². The average molecular weight is 370 g/mol. The zero-order valence-electron chi connectivity index (χ0n) is 15.7. The first-order chi connectivity index (χ1) is 13.6. The molecule has 3 aromatic rings. The van der Waals surface area contributed by atoms with Gasteiger partial charge >= 0.3 is 0 Å². The van der Waals surface area contributed by atoms with Crippen LogP contribution < -0.4 is 5.32 Å². The standard InChI is InChI=1S/C24H22N2O2/c1-26(18-20-12-6-3-7-13-20)24(28)21-14-8-9-15-22(21)25-23(27)17-16-19-10-4-2-5-11-19/h2-17H,18H2,1H3,(H,25,27)/b17-16+. The number of para-hydroxylation sites is 1. The zero-order valence-corrected chi connectivity index (χ0v) is 15.7. The van der Waals surface area contributed by atoms with Crippen LogP contribution in [0.3, 0.4) is 0 Å². The minimum absolute atomic E-state index is 0.146. The summed E-state index contributed by atoms with van der Waals surface area (Å²) in [5.41, 5.74) is 2.94. The molecule has 3 rings (SSSR count). The summed E-state index contributed by atoms with van der Waals surface area (Å²) in [6.07, 6.45) is 3.20. The minimum atomic E-state index is -0.283. The highest BCUT2D eigenvalue weighted by molar-refractivity contribution is 6.07. The summed E-state index contributed by atoms with van der Waals surface area (Å²) in [7, 11) is 1.75. The third-order valence-corrected chi connectivity index (χ3v) is 4.25. The van der Waals surface area contributed by atoms with Gasteiger partial charge in [-0.15, -0.1) is 0 Å². The number of nitrogens with one attached hydrogen (secondary N) is 1. The Hall–Kier alpha value is -3.66. The first-order valence-corrected chi connectivity index (χ1v) is 9.06. The number of hydrogen-bond donors (Lipinski definition) is 1. The number of hydrogen-bond acceptors (Lipinski definition) is 2. The Morgan fingerprint density at radius 2 is 1.46 bits per heavy atom. The maximum atomic E-state index is 12.9. The predicted octanol–water partition coefficient (Wildman–Crippen LogP) is 4.61. The van der Waals surface area contributed by atoms with Crippen LogP contribution in [0.4, 0.5) is 5.69 Å². The topological polar surface area (TPSA) is 49.4 Å². The molecule has 0 aliphatic heterocycles. The van der Waals surface area contributed by atoms with E-state index in [9.17, 15) is 9.59 Å². The molecule has 0 saturated heterocycles. The van der Waals surface area contributed by atoms with Crippen LogP contribution in [0.25, 0.3) is 6.08 Å². The number of carbonyl (C=O) groups is 2. The molecule has 140 valence electrons. The molecule has 0 radical (unpaired) electrons. The Morgan fingerprint density at radius 1 is 0.857 bits per heavy atom. The van der Waals surface area contributed by atoms with Gasteiger partial charge in [0.2, 0.25) is 5.91 Å². The quantitative estimate of drug-likeness (QED) is 0.644. The smallest absolute Gasteiger partial charge is 0.256 e. The van der Waals surface area contributed by atoms with E-state index < -0.39 is 0 Å². The van der Waals surface area contributed by atoms with Crippen molar-refractivity contribution >= 4 is 23.6 Å². The molecule has 0 spiro atoms. The van der Waals surface area contributed by atoms with Crippen LogP contribution in [0.1, 0.15) is 21.5 Å². The van der Waals surface area contributed by atoms with Crippen molar-refractivity contribution in [2.75, 3.05) is 12.4 Å². The van der Waals surface area contributed by atoms with Gasteiger partial charge in [0.05, 0.1) is 11.3 Å². The van der Waals surface area contributed by atoms with Crippen molar-refractivity contribution in [3.63, 3.8) is 0 Å². The highest BCUT2D eigenvalue weighted by atomic mass is 16.2. The second-order valence-corrected chi connectivity index (χ2v) is 6.43. The van der Waals surface area contributed by atoms with E-state index in [1.807, 2.05) is 60.7 Å². The van der Waals surface area contributed by atoms with Crippen LogP contribution >= 0.6 is 0 Å². The van der Waals surface area contributed by atoms with Gasteiger partial charge in [0, 0.05) is 19.7 Å². The zero-order chi connectivity index (χ0) is 19.8. The summed E-state index contributed by atoms with van der Waals surface area (Å²) in [5, 5.41) is 2.81. The molecule has 4 nitrogen and oxygen atoms in total. The molecule has 0 fully saturated rings. The van der Waals surface area contributed by atoms with E-state index in [1.165, 1.54) is 6.08 Å². The molecule has 4 heteroatoms. The fourth-order valence-electron chi connectivity index (χ4n) is 2.82. The summed E-state index contributed by atoms with van der Waals surface area (Å²) in [6, 6.07) is 26.4. The predicted molar refractivity (Wildman–Crippen MR) is 113 cm³/mol. The molecule has 1 N–H and O–H groups in total. The van der Waals surface area contributed by atoms with Gasteiger partial charge in [-0.05, 0) is 29.3 Å². The van der Waals surface area contributed by atoms with Crippen molar-refractivity contribution < 1.29 is 9.59 Å². The summed E-state index contributed by atoms with van der Waals surface area (Å²) in [6.45, 7) is 0.496. The van der Waals surface area contributed by atoms with Crippen LogP contribution in [0.2, 0.25) is 0 Å². The molecular weight excluding hydrogens is 348 g/mol. The third kappa shape index (κ3) is 5.17. The lowest BCUT2D eigenvalue weighted by Gasteiger charge is -2.19. The van der Waals surface area contributed by atoms with E-state index in [0.29, 0.717) is 17.8 Å². The summed E-state index contributed by atoms with van der Waals surface area (Å²) >= 11 is 0. The molecule has 0 saturated carbocycles. The van der Waals surface area contributed by atoms with E-state index in [2.05, 4.69) is 5.32 Å².